The molecule has 0 bridgehead atoms. The van der Waals surface area contributed by atoms with Crippen LogP contribution >= 0.6 is 11.3 Å². The first kappa shape index (κ1) is 34.6. The van der Waals surface area contributed by atoms with E-state index in [0.717, 1.165) is 22.7 Å². The average molecular weight is 797 g/mol. The van der Waals surface area contributed by atoms with E-state index in [1.807, 2.05) is 11.3 Å². The molecular weight excluding hydrogens is 757 g/mol. The smallest absolute Gasteiger partial charge is 0.0755 e. The highest BCUT2D eigenvalue weighted by molar-refractivity contribution is 7.25. The molecule has 3 heteroatoms. The lowest BCUT2D eigenvalue weighted by Crippen LogP contribution is -2.36. The summed E-state index contributed by atoms with van der Waals surface area (Å²) in [6.07, 6.45) is 0. The largest absolute Gasteiger partial charge is 0.310 e. The van der Waals surface area contributed by atoms with Crippen molar-refractivity contribution in [3.63, 3.8) is 0 Å². The Labute approximate surface area is 360 Å². The maximum atomic E-state index is 2.52. The number of nitrogens with zero attached hydrogens (tertiary/aromatic N) is 2. The van der Waals surface area contributed by atoms with Gasteiger partial charge in [-0.2, -0.15) is 0 Å². The molecule has 2 nitrogen and oxygen atoms in total. The highest BCUT2D eigenvalue weighted by Crippen LogP contribution is 2.64. The van der Waals surface area contributed by atoms with Crippen LogP contribution in [0, 0.1) is 0 Å². The normalized spacial score (nSPS) is 14.6. The molecule has 0 N–H and O–H groups in total. The summed E-state index contributed by atoms with van der Waals surface area (Å²) in [5.41, 5.74) is 19.5. The van der Waals surface area contributed by atoms with Crippen molar-refractivity contribution < 1.29 is 0 Å². The lowest BCUT2D eigenvalue weighted by atomic mass is 9.64. The van der Waals surface area contributed by atoms with Crippen LogP contribution in [0.15, 0.2) is 206 Å². The van der Waals surface area contributed by atoms with Gasteiger partial charge in [-0.1, -0.05) is 147 Å². The number of rotatable bonds is 4. The second-order valence-corrected chi connectivity index (χ2v) is 18.3. The Morgan fingerprint density at radius 1 is 0.377 bits per heavy atom. The summed E-state index contributed by atoms with van der Waals surface area (Å²) in [6, 6.07) is 77.4. The van der Waals surface area contributed by atoms with Gasteiger partial charge in [0.25, 0.3) is 0 Å². The first-order valence-electron chi connectivity index (χ1n) is 21.3. The van der Waals surface area contributed by atoms with E-state index in [9.17, 15) is 0 Å². The molecule has 2 aliphatic carbocycles. The number of thiophene rings is 1. The van der Waals surface area contributed by atoms with Crippen LogP contribution in [-0.4, -0.2) is 0 Å². The van der Waals surface area contributed by atoms with Gasteiger partial charge in [0.1, 0.15) is 0 Å². The first-order valence-corrected chi connectivity index (χ1v) is 22.1. The van der Waals surface area contributed by atoms with Crippen LogP contribution in [0.2, 0.25) is 0 Å². The summed E-state index contributed by atoms with van der Waals surface area (Å²) < 4.78 is 2.62. The average Bonchev–Trinajstić information content (AvgIpc) is 3.90. The molecule has 1 aromatic heterocycles. The van der Waals surface area contributed by atoms with Gasteiger partial charge in [0.2, 0.25) is 0 Å². The fraction of sp³-hybridized carbons (Fsp3) is 0.0690. The van der Waals surface area contributed by atoms with Gasteiger partial charge in [-0.3, -0.25) is 0 Å². The lowest BCUT2D eigenvalue weighted by Gasteiger charge is -2.45. The molecule has 1 spiro atoms. The predicted octanol–water partition coefficient (Wildman–Crippen LogP) is 16.0. The van der Waals surface area contributed by atoms with E-state index in [0.29, 0.717) is 0 Å². The quantitative estimate of drug-likeness (QED) is 0.175. The van der Waals surface area contributed by atoms with Gasteiger partial charge in [0.05, 0.1) is 16.8 Å². The number of benzene rings is 9. The minimum absolute atomic E-state index is 0.134. The first-order chi connectivity index (χ1) is 30.0. The third-order valence-corrected chi connectivity index (χ3v) is 15.0. The topological polar surface area (TPSA) is 6.48 Å². The highest BCUT2D eigenvalue weighted by atomic mass is 32.1. The van der Waals surface area contributed by atoms with E-state index in [4.69, 9.17) is 0 Å². The van der Waals surface area contributed by atoms with Crippen LogP contribution in [-0.2, 0) is 10.8 Å². The van der Waals surface area contributed by atoms with Crippen molar-refractivity contribution in [2.75, 3.05) is 9.80 Å². The second-order valence-electron chi connectivity index (χ2n) is 17.2. The number of hydrogen-bond donors (Lipinski definition) is 0. The van der Waals surface area contributed by atoms with Gasteiger partial charge < -0.3 is 9.80 Å². The molecule has 0 amide bonds. The lowest BCUT2D eigenvalue weighted by molar-refractivity contribution is 0.660. The Bertz CT molecular complexity index is 3380. The third kappa shape index (κ3) is 4.67. The van der Waals surface area contributed by atoms with Crippen molar-refractivity contribution in [2.24, 2.45) is 0 Å². The minimum Gasteiger partial charge on any atom is -0.310 e. The maximum absolute atomic E-state index is 2.52. The molecule has 3 aliphatic rings. The summed E-state index contributed by atoms with van der Waals surface area (Å²) >= 11 is 1.87. The summed E-state index contributed by atoms with van der Waals surface area (Å²) in [5.74, 6) is 0. The Balaban J connectivity index is 1.09. The van der Waals surface area contributed by atoms with E-state index in [1.54, 1.807) is 0 Å². The molecule has 0 fully saturated rings. The van der Waals surface area contributed by atoms with E-state index >= 15 is 0 Å². The molecule has 0 saturated carbocycles. The molecule has 288 valence electrons. The zero-order chi connectivity index (χ0) is 40.5. The molecule has 0 unspecified atom stereocenters. The van der Waals surface area contributed by atoms with Crippen LogP contribution in [0.5, 0.6) is 0 Å². The van der Waals surface area contributed by atoms with Crippen LogP contribution < -0.4 is 9.80 Å². The number of anilines is 6. The van der Waals surface area contributed by atoms with Crippen LogP contribution in [0.3, 0.4) is 0 Å². The third-order valence-electron chi connectivity index (χ3n) is 13.8. The fourth-order valence-corrected chi connectivity index (χ4v) is 12.3. The molecule has 61 heavy (non-hydrogen) atoms. The van der Waals surface area contributed by atoms with Crippen LogP contribution in [0.1, 0.15) is 47.2 Å². The Hall–Kier alpha value is -7.20. The minimum atomic E-state index is -0.554. The number of para-hydroxylation sites is 3. The van der Waals surface area contributed by atoms with Crippen LogP contribution in [0.4, 0.5) is 34.1 Å². The highest BCUT2D eigenvalue weighted by Gasteiger charge is 2.52. The van der Waals surface area contributed by atoms with E-state index < -0.39 is 5.41 Å². The van der Waals surface area contributed by atoms with Gasteiger partial charge in [-0.25, -0.2) is 0 Å². The Morgan fingerprint density at radius 2 is 0.869 bits per heavy atom. The maximum Gasteiger partial charge on any atom is 0.0755 e. The Kier molecular flexibility index (Phi) is 7.19. The standard InChI is InChI=1S/C58H40N2S/c1-57(2)47-21-9-6-18-41(47)43-31-28-39(35-51(43)57)59(38-30-33-56-46(34-38)45-20-8-15-27-55(45)61-56)40-29-32-44-42-19-7-10-22-48(42)58(52(44)36-40)49-23-11-13-25-53(49)60(37-16-4-3-5-17-37)54-26-14-12-24-50(54)58/h3-36H,1-2H3. The molecule has 2 heterocycles. The predicted molar refractivity (Wildman–Crippen MR) is 257 cm³/mol. The van der Waals surface area contributed by atoms with Crippen molar-refractivity contribution in [1.82, 2.24) is 0 Å². The molecule has 10 aromatic rings. The van der Waals surface area contributed by atoms with Gasteiger partial charge in [0, 0.05) is 48.3 Å². The van der Waals surface area contributed by atoms with Crippen LogP contribution in [0.25, 0.3) is 42.4 Å². The molecule has 0 atom stereocenters. The van der Waals surface area contributed by atoms with Crippen molar-refractivity contribution in [2.45, 2.75) is 24.7 Å². The van der Waals surface area contributed by atoms with E-state index in [-0.39, 0.29) is 5.41 Å². The SMILES string of the molecule is CC1(C)c2ccccc2-c2ccc(N(c3ccc4c(c3)C3(c5ccccc5-4)c4ccccc4N(c4ccccc4)c4ccccc43)c3ccc4sc5ccccc5c4c3)cc21. The molecule has 0 saturated heterocycles. The molecule has 1 aliphatic heterocycles. The van der Waals surface area contributed by atoms with Gasteiger partial charge in [-0.05, 0) is 128 Å². The van der Waals surface area contributed by atoms with Crippen molar-refractivity contribution >= 4 is 65.6 Å². The Morgan fingerprint density at radius 3 is 1.59 bits per heavy atom. The monoisotopic (exact) mass is 796 g/mol. The van der Waals surface area contributed by atoms with E-state index in [2.05, 4.69) is 230 Å². The number of hydrogen-bond acceptors (Lipinski definition) is 3. The zero-order valence-electron chi connectivity index (χ0n) is 33.9. The second kappa shape index (κ2) is 12.7. The van der Waals surface area contributed by atoms with E-state index in [1.165, 1.54) is 87.2 Å². The van der Waals surface area contributed by atoms with Gasteiger partial charge in [-0.15, -0.1) is 11.3 Å². The van der Waals surface area contributed by atoms with Crippen molar-refractivity contribution in [3.05, 3.63) is 240 Å². The summed E-state index contributed by atoms with van der Waals surface area (Å²) in [7, 11) is 0. The molecule has 13 rings (SSSR count). The summed E-state index contributed by atoms with van der Waals surface area (Å²) in [4.78, 5) is 4.97. The number of fused-ring (bicyclic) bond motifs is 15. The summed E-state index contributed by atoms with van der Waals surface area (Å²) in [5, 5.41) is 2.59. The van der Waals surface area contributed by atoms with Crippen molar-refractivity contribution in [3.8, 4) is 22.3 Å². The van der Waals surface area contributed by atoms with Crippen molar-refractivity contribution in [1.29, 1.82) is 0 Å². The molecule has 9 aromatic carbocycles. The summed E-state index contributed by atoms with van der Waals surface area (Å²) in [6.45, 7) is 4.75. The van der Waals surface area contributed by atoms with Gasteiger partial charge >= 0.3 is 0 Å². The fourth-order valence-electron chi connectivity index (χ4n) is 11.2. The molecule has 0 radical (unpaired) electrons. The zero-order valence-corrected chi connectivity index (χ0v) is 34.7. The molecular formula is C58H40N2S. The van der Waals surface area contributed by atoms with Gasteiger partial charge in [0.15, 0.2) is 0 Å².